The molecule has 2 heterocycles. The smallest absolute Gasteiger partial charge is 0.203 e. The van der Waals surface area contributed by atoms with Gasteiger partial charge in [-0.15, -0.1) is 0 Å². The van der Waals surface area contributed by atoms with E-state index in [0.717, 1.165) is 33.5 Å². The van der Waals surface area contributed by atoms with E-state index in [1.54, 1.807) is 27.5 Å². The van der Waals surface area contributed by atoms with Gasteiger partial charge in [-0.1, -0.05) is 42.5 Å². The third-order valence-corrected chi connectivity index (χ3v) is 5.75. The minimum absolute atomic E-state index is 0.502. The molecule has 0 fully saturated rings. The number of ether oxygens (including phenoxy) is 4. The average Bonchev–Trinajstić information content (AvgIpc) is 3.36. The quantitative estimate of drug-likeness (QED) is 0.251. The molecular formula is C29H25NO5. The molecule has 3 aromatic carbocycles. The molecule has 0 N–H and O–H groups in total. The fraction of sp³-hybridized carbons (Fsp3) is 0.138. The molecule has 0 saturated heterocycles. The second kappa shape index (κ2) is 9.81. The fourth-order valence-electron chi connectivity index (χ4n) is 4.03. The van der Waals surface area contributed by atoms with Crippen LogP contribution in [-0.4, -0.2) is 26.3 Å². The Labute approximate surface area is 203 Å². The summed E-state index contributed by atoms with van der Waals surface area (Å²) in [5.41, 5.74) is 5.26. The van der Waals surface area contributed by atoms with Gasteiger partial charge >= 0.3 is 0 Å². The topological polar surface area (TPSA) is 63.0 Å². The summed E-state index contributed by atoms with van der Waals surface area (Å²) in [6, 6.07) is 25.6. The van der Waals surface area contributed by atoms with E-state index < -0.39 is 0 Å². The molecule has 0 aliphatic carbocycles. The molecule has 5 aromatic rings. The van der Waals surface area contributed by atoms with Crippen LogP contribution in [0.5, 0.6) is 23.0 Å². The van der Waals surface area contributed by atoms with Gasteiger partial charge < -0.3 is 23.4 Å². The van der Waals surface area contributed by atoms with Crippen LogP contribution in [0.3, 0.4) is 0 Å². The summed E-state index contributed by atoms with van der Waals surface area (Å²) < 4.78 is 28.8. The van der Waals surface area contributed by atoms with Gasteiger partial charge in [0.25, 0.3) is 0 Å². The van der Waals surface area contributed by atoms with Crippen molar-refractivity contribution in [3.05, 3.63) is 90.6 Å². The molecular weight excluding hydrogens is 442 g/mol. The third kappa shape index (κ3) is 4.51. The summed E-state index contributed by atoms with van der Waals surface area (Å²) in [5, 5.41) is 0. The summed E-state index contributed by atoms with van der Waals surface area (Å²) in [6.45, 7) is 0.502. The van der Waals surface area contributed by atoms with Crippen molar-refractivity contribution in [1.82, 2.24) is 4.98 Å². The van der Waals surface area contributed by atoms with Crippen molar-refractivity contribution in [2.45, 2.75) is 6.61 Å². The minimum Gasteiger partial charge on any atom is -0.493 e. The zero-order chi connectivity index (χ0) is 24.2. The van der Waals surface area contributed by atoms with Crippen molar-refractivity contribution >= 4 is 11.1 Å². The largest absolute Gasteiger partial charge is 0.493 e. The number of furan rings is 1. The summed E-state index contributed by atoms with van der Waals surface area (Å²) in [6.07, 6.45) is 1.78. The highest BCUT2D eigenvalue weighted by Crippen LogP contribution is 2.43. The number of methoxy groups -OCH3 is 3. The van der Waals surface area contributed by atoms with Crippen LogP contribution < -0.4 is 18.9 Å². The van der Waals surface area contributed by atoms with Crippen molar-refractivity contribution < 1.29 is 23.4 Å². The maximum absolute atomic E-state index is 6.33. The van der Waals surface area contributed by atoms with Crippen LogP contribution in [-0.2, 0) is 6.61 Å². The molecule has 0 unspecified atom stereocenters. The highest BCUT2D eigenvalue weighted by atomic mass is 16.5. The molecule has 0 bridgehead atoms. The van der Waals surface area contributed by atoms with E-state index in [-0.39, 0.29) is 0 Å². The van der Waals surface area contributed by atoms with Crippen LogP contribution >= 0.6 is 0 Å². The molecule has 6 heteroatoms. The van der Waals surface area contributed by atoms with E-state index in [0.29, 0.717) is 35.2 Å². The van der Waals surface area contributed by atoms with Gasteiger partial charge in [0.2, 0.25) is 5.75 Å². The van der Waals surface area contributed by atoms with E-state index in [9.17, 15) is 0 Å². The van der Waals surface area contributed by atoms with Gasteiger partial charge in [0.05, 0.1) is 21.3 Å². The van der Waals surface area contributed by atoms with Crippen LogP contribution in [0.2, 0.25) is 0 Å². The number of nitrogens with zero attached hydrogens (tertiary/aromatic N) is 1. The predicted molar refractivity (Wildman–Crippen MR) is 135 cm³/mol. The maximum atomic E-state index is 6.33. The van der Waals surface area contributed by atoms with Gasteiger partial charge in [0.1, 0.15) is 23.6 Å². The Balaban J connectivity index is 1.51. The Morgan fingerprint density at radius 3 is 2.23 bits per heavy atom. The SMILES string of the molecule is COc1cc(-c2cc3nccc(-c4cccc(OCc5ccccc5)c4)c3o2)cc(OC)c1OC. The van der Waals surface area contributed by atoms with Gasteiger partial charge in [-0.3, -0.25) is 4.98 Å². The summed E-state index contributed by atoms with van der Waals surface area (Å²) in [5.74, 6) is 3.07. The lowest BCUT2D eigenvalue weighted by Gasteiger charge is -2.13. The molecule has 0 aliphatic rings. The molecule has 0 spiro atoms. The zero-order valence-corrected chi connectivity index (χ0v) is 19.8. The lowest BCUT2D eigenvalue weighted by molar-refractivity contribution is 0.306. The Morgan fingerprint density at radius 1 is 0.743 bits per heavy atom. The number of fused-ring (bicyclic) bond motifs is 1. The van der Waals surface area contributed by atoms with Crippen LogP contribution in [0.4, 0.5) is 0 Å². The Hall–Kier alpha value is -4.45. The van der Waals surface area contributed by atoms with Crippen molar-refractivity contribution in [3.63, 3.8) is 0 Å². The molecule has 0 saturated carbocycles. The summed E-state index contributed by atoms with van der Waals surface area (Å²) in [7, 11) is 4.76. The van der Waals surface area contributed by atoms with E-state index in [1.807, 2.05) is 78.9 Å². The van der Waals surface area contributed by atoms with E-state index >= 15 is 0 Å². The van der Waals surface area contributed by atoms with E-state index in [4.69, 9.17) is 23.4 Å². The molecule has 5 rings (SSSR count). The molecule has 2 aromatic heterocycles. The summed E-state index contributed by atoms with van der Waals surface area (Å²) in [4.78, 5) is 4.52. The zero-order valence-electron chi connectivity index (χ0n) is 19.8. The normalized spacial score (nSPS) is 10.8. The van der Waals surface area contributed by atoms with Gasteiger partial charge in [0, 0.05) is 23.4 Å². The highest BCUT2D eigenvalue weighted by molar-refractivity contribution is 5.92. The number of hydrogen-bond donors (Lipinski definition) is 0. The number of pyridine rings is 1. The van der Waals surface area contributed by atoms with Crippen molar-refractivity contribution in [2.75, 3.05) is 21.3 Å². The second-order valence-corrected chi connectivity index (χ2v) is 7.90. The lowest BCUT2D eigenvalue weighted by atomic mass is 10.1. The third-order valence-electron chi connectivity index (χ3n) is 5.75. The Bertz CT molecular complexity index is 1430. The van der Waals surface area contributed by atoms with Crippen molar-refractivity contribution in [2.24, 2.45) is 0 Å². The molecule has 176 valence electrons. The molecule has 0 amide bonds. The number of rotatable bonds is 8. The first-order valence-corrected chi connectivity index (χ1v) is 11.2. The van der Waals surface area contributed by atoms with E-state index in [1.165, 1.54) is 0 Å². The number of hydrogen-bond acceptors (Lipinski definition) is 6. The number of aromatic nitrogens is 1. The molecule has 6 nitrogen and oxygen atoms in total. The fourth-order valence-corrected chi connectivity index (χ4v) is 4.03. The maximum Gasteiger partial charge on any atom is 0.203 e. The minimum atomic E-state index is 0.502. The van der Waals surface area contributed by atoms with E-state index in [2.05, 4.69) is 4.98 Å². The van der Waals surface area contributed by atoms with Crippen molar-refractivity contribution in [1.29, 1.82) is 0 Å². The van der Waals surface area contributed by atoms with Gasteiger partial charge in [-0.05, 0) is 41.5 Å². The van der Waals surface area contributed by atoms with Crippen LogP contribution in [0.25, 0.3) is 33.6 Å². The Morgan fingerprint density at radius 2 is 1.51 bits per heavy atom. The molecule has 0 atom stereocenters. The average molecular weight is 468 g/mol. The first-order valence-electron chi connectivity index (χ1n) is 11.2. The second-order valence-electron chi connectivity index (χ2n) is 7.90. The predicted octanol–water partition coefficient (Wildman–Crippen LogP) is 6.77. The first-order chi connectivity index (χ1) is 17.2. The van der Waals surface area contributed by atoms with Crippen LogP contribution in [0, 0.1) is 0 Å². The molecule has 0 radical (unpaired) electrons. The van der Waals surface area contributed by atoms with Gasteiger partial charge in [0.15, 0.2) is 17.1 Å². The number of benzene rings is 3. The Kier molecular flexibility index (Phi) is 6.26. The highest BCUT2D eigenvalue weighted by Gasteiger charge is 2.18. The van der Waals surface area contributed by atoms with Crippen molar-refractivity contribution in [3.8, 4) is 45.4 Å². The first kappa shape index (κ1) is 22.3. The summed E-state index contributed by atoms with van der Waals surface area (Å²) >= 11 is 0. The lowest BCUT2D eigenvalue weighted by Crippen LogP contribution is -1.95. The van der Waals surface area contributed by atoms with Gasteiger partial charge in [-0.25, -0.2) is 0 Å². The van der Waals surface area contributed by atoms with Crippen LogP contribution in [0.1, 0.15) is 5.56 Å². The van der Waals surface area contributed by atoms with Crippen LogP contribution in [0.15, 0.2) is 89.5 Å². The molecule has 35 heavy (non-hydrogen) atoms. The monoisotopic (exact) mass is 467 g/mol. The molecule has 0 aliphatic heterocycles. The van der Waals surface area contributed by atoms with Gasteiger partial charge in [-0.2, -0.15) is 0 Å². The standard InChI is InChI=1S/C29H25NO5/c1-31-26-15-21(16-27(32-2)29(26)33-3)25-17-24-28(35-25)23(12-13-30-24)20-10-7-11-22(14-20)34-18-19-8-5-4-6-9-19/h4-17H,18H2,1-3H3.